The Balaban J connectivity index is 1.85. The summed E-state index contributed by atoms with van der Waals surface area (Å²) < 4.78 is 0. The molecule has 1 amide bonds. The van der Waals surface area contributed by atoms with E-state index in [0.717, 1.165) is 18.7 Å². The molecule has 1 aromatic carbocycles. The second-order valence-corrected chi connectivity index (χ2v) is 8.68. The molecule has 0 atom stereocenters. The summed E-state index contributed by atoms with van der Waals surface area (Å²) in [5.41, 5.74) is 3.46. The number of hydrogen-bond acceptors (Lipinski definition) is 2. The van der Waals surface area contributed by atoms with Crippen LogP contribution in [0.1, 0.15) is 108 Å². The van der Waals surface area contributed by atoms with Gasteiger partial charge in [0.1, 0.15) is 0 Å². The number of rotatable bonds is 18. The summed E-state index contributed by atoms with van der Waals surface area (Å²) in [6.07, 6.45) is 19.1. The fraction of sp³-hybridized carbons (Fsp3) is 0.731. The highest BCUT2D eigenvalue weighted by molar-refractivity contribution is 5.80. The number of unbranched alkanes of at least 4 members (excludes halogenated alkanes) is 13. The molecule has 0 radical (unpaired) electrons. The molecule has 3 heteroatoms. The van der Waals surface area contributed by atoms with Gasteiger partial charge in [0.05, 0.1) is 6.54 Å². The van der Waals surface area contributed by atoms with Crippen LogP contribution in [0.5, 0.6) is 0 Å². The maximum atomic E-state index is 11.9. The van der Waals surface area contributed by atoms with Gasteiger partial charge in [0.25, 0.3) is 0 Å². The van der Waals surface area contributed by atoms with Crippen LogP contribution < -0.4 is 10.6 Å². The van der Waals surface area contributed by atoms with Crippen LogP contribution in [0.25, 0.3) is 0 Å². The van der Waals surface area contributed by atoms with E-state index in [1.807, 2.05) is 0 Å². The van der Waals surface area contributed by atoms with Crippen LogP contribution in [0.4, 0.5) is 5.69 Å². The first kappa shape index (κ1) is 25.5. The Hall–Kier alpha value is -1.51. The van der Waals surface area contributed by atoms with E-state index < -0.39 is 0 Å². The standard InChI is InChI=1S/C26H46N2O/c1-4-5-6-7-8-9-10-11-12-13-14-15-16-17-18-27-26(29)22-28-25-20-23(2)19-24(3)21-25/h19-21,28H,4-18,22H2,1-3H3,(H,27,29). The van der Waals surface area contributed by atoms with Crippen LogP contribution in [-0.2, 0) is 4.79 Å². The van der Waals surface area contributed by atoms with Crippen molar-refractivity contribution < 1.29 is 4.79 Å². The van der Waals surface area contributed by atoms with Gasteiger partial charge in [0.15, 0.2) is 0 Å². The van der Waals surface area contributed by atoms with Gasteiger partial charge in [-0.05, 0) is 43.5 Å². The number of carbonyl (C=O) groups excluding carboxylic acids is 1. The van der Waals surface area contributed by atoms with Crippen molar-refractivity contribution in [2.24, 2.45) is 0 Å². The first-order valence-corrected chi connectivity index (χ1v) is 12.2. The Kier molecular flexibility index (Phi) is 15.3. The van der Waals surface area contributed by atoms with E-state index in [4.69, 9.17) is 0 Å². The summed E-state index contributed by atoms with van der Waals surface area (Å²) in [6.45, 7) is 7.58. The van der Waals surface area contributed by atoms with E-state index in [2.05, 4.69) is 49.6 Å². The van der Waals surface area contributed by atoms with Crippen LogP contribution in [0.3, 0.4) is 0 Å². The predicted octanol–water partition coefficient (Wildman–Crippen LogP) is 7.31. The molecule has 0 unspecified atom stereocenters. The first-order chi connectivity index (χ1) is 14.1. The number of amides is 1. The monoisotopic (exact) mass is 402 g/mol. The first-order valence-electron chi connectivity index (χ1n) is 12.2. The SMILES string of the molecule is CCCCCCCCCCCCCCCCNC(=O)CNc1cc(C)cc(C)c1. The molecule has 3 nitrogen and oxygen atoms in total. The molecule has 0 heterocycles. The molecule has 0 aromatic heterocycles. The van der Waals surface area contributed by atoms with Gasteiger partial charge in [-0.2, -0.15) is 0 Å². The lowest BCUT2D eigenvalue weighted by Crippen LogP contribution is -2.30. The van der Waals surface area contributed by atoms with Gasteiger partial charge in [-0.3, -0.25) is 4.79 Å². The zero-order valence-corrected chi connectivity index (χ0v) is 19.5. The molecule has 0 fully saturated rings. The van der Waals surface area contributed by atoms with Gasteiger partial charge >= 0.3 is 0 Å². The van der Waals surface area contributed by atoms with Gasteiger partial charge < -0.3 is 10.6 Å². The summed E-state index contributed by atoms with van der Waals surface area (Å²) in [5.74, 6) is 0.0823. The molecule has 166 valence electrons. The number of benzene rings is 1. The number of anilines is 1. The van der Waals surface area contributed by atoms with Gasteiger partial charge in [-0.25, -0.2) is 0 Å². The van der Waals surface area contributed by atoms with Crippen LogP contribution in [0, 0.1) is 13.8 Å². The molecule has 0 aliphatic carbocycles. The fourth-order valence-corrected chi connectivity index (χ4v) is 3.87. The smallest absolute Gasteiger partial charge is 0.239 e. The maximum Gasteiger partial charge on any atom is 0.239 e. The Labute approximate surface area is 180 Å². The summed E-state index contributed by atoms with van der Waals surface area (Å²) in [6, 6.07) is 6.29. The summed E-state index contributed by atoms with van der Waals surface area (Å²) in [4.78, 5) is 11.9. The fourth-order valence-electron chi connectivity index (χ4n) is 3.87. The van der Waals surface area contributed by atoms with Crippen LogP contribution in [0.2, 0.25) is 0 Å². The molecule has 29 heavy (non-hydrogen) atoms. The highest BCUT2D eigenvalue weighted by Crippen LogP contribution is 2.14. The maximum absolute atomic E-state index is 11.9. The summed E-state index contributed by atoms with van der Waals surface area (Å²) in [7, 11) is 0. The van der Waals surface area contributed by atoms with Crippen molar-refractivity contribution in [2.45, 2.75) is 111 Å². The zero-order chi connectivity index (χ0) is 21.2. The third-order valence-corrected chi connectivity index (χ3v) is 5.53. The van der Waals surface area contributed by atoms with Gasteiger partial charge in [0, 0.05) is 12.2 Å². The van der Waals surface area contributed by atoms with Crippen molar-refractivity contribution in [3.63, 3.8) is 0 Å². The number of carbonyl (C=O) groups is 1. The Morgan fingerprint density at radius 2 is 1.14 bits per heavy atom. The minimum Gasteiger partial charge on any atom is -0.376 e. The largest absolute Gasteiger partial charge is 0.376 e. The van der Waals surface area contributed by atoms with E-state index >= 15 is 0 Å². The molecule has 0 aliphatic heterocycles. The third kappa shape index (κ3) is 15.1. The highest BCUT2D eigenvalue weighted by Gasteiger charge is 2.01. The number of hydrogen-bond donors (Lipinski definition) is 2. The third-order valence-electron chi connectivity index (χ3n) is 5.53. The van der Waals surface area contributed by atoms with E-state index in [1.54, 1.807) is 0 Å². The predicted molar refractivity (Wildman–Crippen MR) is 128 cm³/mol. The molecular weight excluding hydrogens is 356 g/mol. The molecule has 0 saturated carbocycles. The lowest BCUT2D eigenvalue weighted by molar-refractivity contribution is -0.119. The topological polar surface area (TPSA) is 41.1 Å². The van der Waals surface area contributed by atoms with Gasteiger partial charge in [-0.1, -0.05) is 96.5 Å². The molecular formula is C26H46N2O. The lowest BCUT2D eigenvalue weighted by Gasteiger charge is -2.09. The quantitative estimate of drug-likeness (QED) is 0.253. The van der Waals surface area contributed by atoms with Crippen LogP contribution in [-0.4, -0.2) is 19.0 Å². The lowest BCUT2D eigenvalue weighted by atomic mass is 10.0. The van der Waals surface area contributed by atoms with Crippen LogP contribution in [0.15, 0.2) is 18.2 Å². The van der Waals surface area contributed by atoms with Crippen molar-refractivity contribution in [2.75, 3.05) is 18.4 Å². The summed E-state index contributed by atoms with van der Waals surface area (Å²) in [5, 5.41) is 6.24. The average molecular weight is 403 g/mol. The van der Waals surface area contributed by atoms with Gasteiger partial charge in [0.2, 0.25) is 5.91 Å². The van der Waals surface area contributed by atoms with Crippen LogP contribution >= 0.6 is 0 Å². The summed E-state index contributed by atoms with van der Waals surface area (Å²) >= 11 is 0. The molecule has 0 spiro atoms. The van der Waals surface area contributed by atoms with Crippen molar-refractivity contribution in [3.8, 4) is 0 Å². The number of aryl methyl sites for hydroxylation is 2. The minimum atomic E-state index is 0.0823. The highest BCUT2D eigenvalue weighted by atomic mass is 16.1. The van der Waals surface area contributed by atoms with E-state index in [0.29, 0.717) is 6.54 Å². The second-order valence-electron chi connectivity index (χ2n) is 8.68. The average Bonchev–Trinajstić information content (AvgIpc) is 2.68. The Bertz CT molecular complexity index is 521. The molecule has 2 N–H and O–H groups in total. The van der Waals surface area contributed by atoms with E-state index in [-0.39, 0.29) is 5.91 Å². The number of nitrogens with one attached hydrogen (secondary N) is 2. The normalized spacial score (nSPS) is 10.9. The minimum absolute atomic E-state index is 0.0823. The van der Waals surface area contributed by atoms with Crippen molar-refractivity contribution >= 4 is 11.6 Å². The van der Waals surface area contributed by atoms with Crippen molar-refractivity contribution in [1.29, 1.82) is 0 Å². The molecule has 0 bridgehead atoms. The van der Waals surface area contributed by atoms with Crippen molar-refractivity contribution in [1.82, 2.24) is 5.32 Å². The van der Waals surface area contributed by atoms with E-state index in [1.165, 1.54) is 94.6 Å². The molecule has 1 aromatic rings. The Morgan fingerprint density at radius 1 is 0.690 bits per heavy atom. The zero-order valence-electron chi connectivity index (χ0n) is 19.5. The molecule has 0 saturated heterocycles. The van der Waals surface area contributed by atoms with Gasteiger partial charge in [-0.15, -0.1) is 0 Å². The molecule has 1 rings (SSSR count). The Morgan fingerprint density at radius 3 is 1.62 bits per heavy atom. The molecule has 0 aliphatic rings. The van der Waals surface area contributed by atoms with Crippen molar-refractivity contribution in [3.05, 3.63) is 29.3 Å². The van der Waals surface area contributed by atoms with E-state index in [9.17, 15) is 4.79 Å². The second kappa shape index (κ2) is 17.4.